The Morgan fingerprint density at radius 1 is 1.00 bits per heavy atom. The molecule has 1 saturated heterocycles. The summed E-state index contributed by atoms with van der Waals surface area (Å²) in [6, 6.07) is 12.1. The highest BCUT2D eigenvalue weighted by molar-refractivity contribution is 7.90. The number of hydrogen-bond donors (Lipinski definition) is 1. The number of anilines is 1. The molecule has 1 fully saturated rings. The number of rotatable bonds is 3. The Morgan fingerprint density at radius 2 is 1.62 bits per heavy atom. The molecule has 1 heterocycles. The van der Waals surface area contributed by atoms with Gasteiger partial charge in [0, 0.05) is 26.2 Å². The van der Waals surface area contributed by atoms with Crippen LogP contribution in [0.3, 0.4) is 0 Å². The quantitative estimate of drug-likeness (QED) is 0.892. The molecule has 2 aromatic carbocycles. The summed E-state index contributed by atoms with van der Waals surface area (Å²) < 4.78 is 40.6. The van der Waals surface area contributed by atoms with Crippen LogP contribution in [0.1, 0.15) is 5.56 Å². The topological polar surface area (TPSA) is 69.7 Å². The van der Waals surface area contributed by atoms with Gasteiger partial charge in [0.15, 0.2) is 0 Å². The van der Waals surface area contributed by atoms with E-state index >= 15 is 0 Å². The van der Waals surface area contributed by atoms with Gasteiger partial charge in [0.05, 0.1) is 10.6 Å². The number of nitrogens with one attached hydrogen (secondary N) is 1. The molecule has 0 aromatic heterocycles. The lowest BCUT2D eigenvalue weighted by Crippen LogP contribution is -2.52. The van der Waals surface area contributed by atoms with E-state index in [9.17, 15) is 17.6 Å². The molecule has 6 nitrogen and oxygen atoms in total. The average molecular weight is 377 g/mol. The van der Waals surface area contributed by atoms with E-state index < -0.39 is 16.1 Å². The summed E-state index contributed by atoms with van der Waals surface area (Å²) in [4.78, 5) is 15.6. The second kappa shape index (κ2) is 7.33. The van der Waals surface area contributed by atoms with Gasteiger partial charge < -0.3 is 9.80 Å². The van der Waals surface area contributed by atoms with Crippen molar-refractivity contribution in [3.63, 3.8) is 0 Å². The number of carbonyl (C=O) groups is 1. The van der Waals surface area contributed by atoms with Gasteiger partial charge >= 0.3 is 6.03 Å². The van der Waals surface area contributed by atoms with Crippen molar-refractivity contribution >= 4 is 21.7 Å². The van der Waals surface area contributed by atoms with Crippen molar-refractivity contribution in [2.24, 2.45) is 0 Å². The summed E-state index contributed by atoms with van der Waals surface area (Å²) in [6.07, 6.45) is 0. The first-order chi connectivity index (χ1) is 12.4. The maximum absolute atomic E-state index is 13.9. The summed E-state index contributed by atoms with van der Waals surface area (Å²) in [5, 5.41) is 0. The standard InChI is InChI=1S/C18H20FN3O3S/c1-14-6-8-15(9-7-14)26(24,25)20-18(23)22-12-10-21(11-13-22)17-5-3-2-4-16(17)19/h2-9H,10-13H2,1H3,(H,20,23). The molecule has 0 spiro atoms. The van der Waals surface area contributed by atoms with Gasteiger partial charge in [-0.05, 0) is 31.2 Å². The van der Waals surface area contributed by atoms with Crippen molar-refractivity contribution in [3.05, 3.63) is 59.9 Å². The van der Waals surface area contributed by atoms with E-state index in [2.05, 4.69) is 4.72 Å². The number of urea groups is 1. The van der Waals surface area contributed by atoms with E-state index in [1.165, 1.54) is 23.1 Å². The van der Waals surface area contributed by atoms with Crippen molar-refractivity contribution in [3.8, 4) is 0 Å². The monoisotopic (exact) mass is 377 g/mol. The van der Waals surface area contributed by atoms with Crippen molar-refractivity contribution in [2.75, 3.05) is 31.1 Å². The molecule has 0 unspecified atom stereocenters. The van der Waals surface area contributed by atoms with E-state index in [0.717, 1.165) is 5.56 Å². The average Bonchev–Trinajstić information content (AvgIpc) is 2.62. The molecule has 138 valence electrons. The molecule has 0 aliphatic carbocycles. The number of halogens is 1. The van der Waals surface area contributed by atoms with E-state index in [-0.39, 0.29) is 10.7 Å². The zero-order valence-corrected chi connectivity index (χ0v) is 15.2. The van der Waals surface area contributed by atoms with Crippen LogP contribution in [0, 0.1) is 12.7 Å². The fraction of sp³-hybridized carbons (Fsp3) is 0.278. The third kappa shape index (κ3) is 3.96. The lowest BCUT2D eigenvalue weighted by molar-refractivity contribution is 0.200. The highest BCUT2D eigenvalue weighted by Crippen LogP contribution is 2.20. The van der Waals surface area contributed by atoms with Gasteiger partial charge in [0.1, 0.15) is 5.82 Å². The van der Waals surface area contributed by atoms with Gasteiger partial charge in [-0.2, -0.15) is 0 Å². The van der Waals surface area contributed by atoms with Crippen LogP contribution >= 0.6 is 0 Å². The molecule has 8 heteroatoms. The highest BCUT2D eigenvalue weighted by Gasteiger charge is 2.26. The summed E-state index contributed by atoms with van der Waals surface area (Å²) in [5.74, 6) is -0.313. The third-order valence-electron chi connectivity index (χ3n) is 4.31. The smallest absolute Gasteiger partial charge is 0.331 e. The highest BCUT2D eigenvalue weighted by atomic mass is 32.2. The molecule has 0 radical (unpaired) electrons. The van der Waals surface area contributed by atoms with E-state index in [0.29, 0.717) is 31.9 Å². The number of aryl methyl sites for hydroxylation is 1. The summed E-state index contributed by atoms with van der Waals surface area (Å²) in [6.45, 7) is 3.33. The first kappa shape index (κ1) is 18.2. The second-order valence-corrected chi connectivity index (χ2v) is 7.83. The van der Waals surface area contributed by atoms with E-state index in [4.69, 9.17) is 0 Å². The van der Waals surface area contributed by atoms with Crippen molar-refractivity contribution in [1.29, 1.82) is 0 Å². The van der Waals surface area contributed by atoms with Gasteiger partial charge in [0.25, 0.3) is 10.0 Å². The Hall–Kier alpha value is -2.61. The predicted octanol–water partition coefficient (Wildman–Crippen LogP) is 2.35. The molecule has 26 heavy (non-hydrogen) atoms. The Balaban J connectivity index is 1.62. The van der Waals surface area contributed by atoms with Crippen LogP contribution in [0.4, 0.5) is 14.9 Å². The Bertz CT molecular complexity index is 892. The number of piperazine rings is 1. The normalized spacial score (nSPS) is 15.0. The third-order valence-corrected chi connectivity index (χ3v) is 5.65. The fourth-order valence-electron chi connectivity index (χ4n) is 2.81. The first-order valence-corrected chi connectivity index (χ1v) is 9.73. The minimum atomic E-state index is -3.91. The minimum Gasteiger partial charge on any atom is -0.366 e. The number of carbonyl (C=O) groups excluding carboxylic acids is 1. The molecule has 3 rings (SSSR count). The van der Waals surface area contributed by atoms with Crippen molar-refractivity contribution in [2.45, 2.75) is 11.8 Å². The van der Waals surface area contributed by atoms with Crippen LogP contribution in [0.25, 0.3) is 0 Å². The number of para-hydroxylation sites is 1. The number of benzene rings is 2. The molecular formula is C18H20FN3O3S. The maximum Gasteiger partial charge on any atom is 0.331 e. The Morgan fingerprint density at radius 3 is 2.23 bits per heavy atom. The Kier molecular flexibility index (Phi) is 5.13. The molecule has 0 saturated carbocycles. The summed E-state index contributed by atoms with van der Waals surface area (Å²) >= 11 is 0. The molecule has 2 amide bonds. The van der Waals surface area contributed by atoms with Crippen LogP contribution in [-0.4, -0.2) is 45.5 Å². The SMILES string of the molecule is Cc1ccc(S(=O)(=O)NC(=O)N2CCN(c3ccccc3F)CC2)cc1. The Labute approximate surface area is 152 Å². The fourth-order valence-corrected chi connectivity index (χ4v) is 3.79. The number of nitrogens with zero attached hydrogens (tertiary/aromatic N) is 2. The van der Waals surface area contributed by atoms with Gasteiger partial charge in [-0.25, -0.2) is 22.3 Å². The van der Waals surface area contributed by atoms with E-state index in [1.54, 1.807) is 30.3 Å². The largest absolute Gasteiger partial charge is 0.366 e. The van der Waals surface area contributed by atoms with Gasteiger partial charge in [0.2, 0.25) is 0 Å². The number of hydrogen-bond acceptors (Lipinski definition) is 4. The maximum atomic E-state index is 13.9. The van der Waals surface area contributed by atoms with Crippen LogP contribution < -0.4 is 9.62 Å². The lowest BCUT2D eigenvalue weighted by atomic mass is 10.2. The molecule has 0 atom stereocenters. The number of amides is 2. The van der Waals surface area contributed by atoms with Crippen molar-refractivity contribution in [1.82, 2.24) is 9.62 Å². The summed E-state index contributed by atoms with van der Waals surface area (Å²) in [7, 11) is -3.91. The predicted molar refractivity (Wildman–Crippen MR) is 97.1 cm³/mol. The molecular weight excluding hydrogens is 357 g/mol. The van der Waals surface area contributed by atoms with Gasteiger partial charge in [-0.15, -0.1) is 0 Å². The molecule has 1 aliphatic rings. The summed E-state index contributed by atoms with van der Waals surface area (Å²) in [5.41, 5.74) is 1.42. The van der Waals surface area contributed by atoms with Crippen LogP contribution in [0.2, 0.25) is 0 Å². The first-order valence-electron chi connectivity index (χ1n) is 8.25. The van der Waals surface area contributed by atoms with Crippen molar-refractivity contribution < 1.29 is 17.6 Å². The molecule has 1 aliphatic heterocycles. The van der Waals surface area contributed by atoms with Crippen LogP contribution in [0.15, 0.2) is 53.4 Å². The van der Waals surface area contributed by atoms with Crippen LogP contribution in [-0.2, 0) is 10.0 Å². The lowest BCUT2D eigenvalue weighted by Gasteiger charge is -2.36. The zero-order chi connectivity index (χ0) is 18.7. The molecule has 2 aromatic rings. The number of sulfonamides is 1. The minimum absolute atomic E-state index is 0.0430. The van der Waals surface area contributed by atoms with Gasteiger partial charge in [-0.1, -0.05) is 29.8 Å². The molecule has 1 N–H and O–H groups in total. The second-order valence-electron chi connectivity index (χ2n) is 6.15. The van der Waals surface area contributed by atoms with Crippen LogP contribution in [0.5, 0.6) is 0 Å². The zero-order valence-electron chi connectivity index (χ0n) is 14.4. The molecule has 0 bridgehead atoms. The van der Waals surface area contributed by atoms with E-state index in [1.807, 2.05) is 11.8 Å². The van der Waals surface area contributed by atoms with Gasteiger partial charge in [-0.3, -0.25) is 0 Å².